The number of carbonyl (C=O) groups excluding carboxylic acids is 4. The molecule has 0 aromatic heterocycles. The highest BCUT2D eigenvalue weighted by atomic mass is 16.6. The zero-order chi connectivity index (χ0) is 30.7. The number of hydrogen-bond donors (Lipinski definition) is 1. The number of nitrogens with one attached hydrogen (secondary N) is 1. The zero-order valence-electron chi connectivity index (χ0n) is 25.0. The first kappa shape index (κ1) is 32.4. The van der Waals surface area contributed by atoms with Crippen molar-refractivity contribution in [1.29, 1.82) is 0 Å². The van der Waals surface area contributed by atoms with E-state index in [0.717, 1.165) is 11.1 Å². The average molecular weight is 583 g/mol. The molecule has 1 fully saturated rings. The van der Waals surface area contributed by atoms with Crippen molar-refractivity contribution in [2.45, 2.75) is 83.7 Å². The number of nitrogens with zero attached hydrogens (tertiary/aromatic N) is 1. The van der Waals surface area contributed by atoms with Crippen LogP contribution < -0.4 is 5.32 Å². The van der Waals surface area contributed by atoms with Crippen LogP contribution in [-0.2, 0) is 41.6 Å². The Balaban J connectivity index is 1.83. The number of amides is 2. The van der Waals surface area contributed by atoms with E-state index < -0.39 is 47.9 Å². The molecular formula is C32H42N2O8. The lowest BCUT2D eigenvalue weighted by Gasteiger charge is -2.33. The second-order valence-electron chi connectivity index (χ2n) is 11.3. The highest BCUT2D eigenvalue weighted by molar-refractivity contribution is 5.83. The molecule has 0 aliphatic carbocycles. The topological polar surface area (TPSA) is 120 Å². The van der Waals surface area contributed by atoms with Crippen LogP contribution in [0.1, 0.15) is 58.1 Å². The van der Waals surface area contributed by atoms with Crippen LogP contribution >= 0.6 is 0 Å². The molecule has 2 aromatic rings. The van der Waals surface area contributed by atoms with Gasteiger partial charge in [-0.25, -0.2) is 19.2 Å². The Kier molecular flexibility index (Phi) is 11.8. The molecule has 1 heterocycles. The van der Waals surface area contributed by atoms with Crippen LogP contribution in [0.15, 0.2) is 60.7 Å². The van der Waals surface area contributed by atoms with Gasteiger partial charge in [0, 0.05) is 6.04 Å². The maximum absolute atomic E-state index is 13.5. The molecule has 1 N–H and O–H groups in total. The van der Waals surface area contributed by atoms with Crippen molar-refractivity contribution >= 4 is 24.1 Å². The van der Waals surface area contributed by atoms with Gasteiger partial charge in [0.05, 0.1) is 13.7 Å². The molecule has 1 aliphatic heterocycles. The van der Waals surface area contributed by atoms with E-state index in [-0.39, 0.29) is 32.0 Å². The van der Waals surface area contributed by atoms with Crippen LogP contribution in [0.2, 0.25) is 0 Å². The molecule has 0 saturated carbocycles. The van der Waals surface area contributed by atoms with Gasteiger partial charge < -0.3 is 24.3 Å². The van der Waals surface area contributed by atoms with Crippen LogP contribution in [0.25, 0.3) is 0 Å². The normalized spacial score (nSPS) is 19.0. The van der Waals surface area contributed by atoms with E-state index in [1.165, 1.54) is 12.0 Å². The predicted molar refractivity (Wildman–Crippen MR) is 155 cm³/mol. The molecule has 10 heteroatoms. The van der Waals surface area contributed by atoms with Crippen molar-refractivity contribution < 1.29 is 38.1 Å². The van der Waals surface area contributed by atoms with Crippen molar-refractivity contribution in [1.82, 2.24) is 10.2 Å². The average Bonchev–Trinajstić information content (AvgIpc) is 3.32. The van der Waals surface area contributed by atoms with Crippen molar-refractivity contribution in [3.8, 4) is 0 Å². The number of alkyl carbamates (subject to hydrolysis) is 1. The number of hydrogen-bond acceptors (Lipinski definition) is 8. The van der Waals surface area contributed by atoms with Crippen LogP contribution in [0.5, 0.6) is 0 Å². The van der Waals surface area contributed by atoms with Gasteiger partial charge in [-0.1, -0.05) is 60.7 Å². The Morgan fingerprint density at radius 3 is 2.14 bits per heavy atom. The van der Waals surface area contributed by atoms with E-state index in [1.54, 1.807) is 27.7 Å². The SMILES string of the molecule is CCOC(=O)[C@@H]1C[C@@H](Cc2ccccc2)[C@H](CC[C@H](NC(=O)OCc2ccccc2)C(=O)OC)N1C(=O)OC(C)(C)C. The maximum Gasteiger partial charge on any atom is 0.411 e. The molecule has 0 radical (unpaired) electrons. The molecule has 0 bridgehead atoms. The van der Waals surface area contributed by atoms with E-state index in [0.29, 0.717) is 12.8 Å². The largest absolute Gasteiger partial charge is 0.467 e. The van der Waals surface area contributed by atoms with Gasteiger partial charge in [0.15, 0.2) is 0 Å². The standard InChI is InChI=1S/C32H42N2O8/c1-6-40-29(36)27-20-24(19-22-13-9-7-10-14-22)26(34(27)31(38)42-32(2,3)4)18-17-25(28(35)39-5)33-30(37)41-21-23-15-11-8-12-16-23/h7-16,24-27H,6,17-21H2,1-5H3,(H,33,37)/t24-,25+,26+,27+/m1/s1. The smallest absolute Gasteiger partial charge is 0.411 e. The van der Waals surface area contributed by atoms with E-state index in [4.69, 9.17) is 18.9 Å². The monoisotopic (exact) mass is 582 g/mol. The summed E-state index contributed by atoms with van der Waals surface area (Å²) in [6.07, 6.45) is -0.0205. The van der Waals surface area contributed by atoms with Gasteiger partial charge in [-0.2, -0.15) is 0 Å². The highest BCUT2D eigenvalue weighted by Crippen LogP contribution is 2.37. The number of benzene rings is 2. The van der Waals surface area contributed by atoms with Gasteiger partial charge in [-0.15, -0.1) is 0 Å². The van der Waals surface area contributed by atoms with Crippen LogP contribution in [0.4, 0.5) is 9.59 Å². The first-order valence-electron chi connectivity index (χ1n) is 14.3. The molecule has 4 atom stereocenters. The van der Waals surface area contributed by atoms with Crippen LogP contribution in [0.3, 0.4) is 0 Å². The summed E-state index contributed by atoms with van der Waals surface area (Å²) in [5, 5.41) is 2.60. The third-order valence-corrected chi connectivity index (χ3v) is 7.01. The van der Waals surface area contributed by atoms with Crippen molar-refractivity contribution in [2.24, 2.45) is 5.92 Å². The fourth-order valence-electron chi connectivity index (χ4n) is 5.19. The molecule has 1 aliphatic rings. The Morgan fingerprint density at radius 2 is 1.57 bits per heavy atom. The quantitative estimate of drug-likeness (QED) is 0.289. The number of ether oxygens (including phenoxy) is 4. The summed E-state index contributed by atoms with van der Waals surface area (Å²) in [4.78, 5) is 53.4. The molecule has 42 heavy (non-hydrogen) atoms. The molecular weight excluding hydrogens is 540 g/mol. The summed E-state index contributed by atoms with van der Waals surface area (Å²) in [5.41, 5.74) is 1.06. The van der Waals surface area contributed by atoms with E-state index >= 15 is 0 Å². The van der Waals surface area contributed by atoms with Gasteiger partial charge in [0.1, 0.15) is 24.3 Å². The molecule has 0 unspecified atom stereocenters. The molecule has 2 aromatic carbocycles. The first-order chi connectivity index (χ1) is 20.0. The Bertz CT molecular complexity index is 1180. The minimum absolute atomic E-state index is 0.0377. The minimum Gasteiger partial charge on any atom is -0.467 e. The summed E-state index contributed by atoms with van der Waals surface area (Å²) in [7, 11) is 1.24. The highest BCUT2D eigenvalue weighted by Gasteiger charge is 2.49. The number of carbonyl (C=O) groups is 4. The van der Waals surface area contributed by atoms with E-state index in [2.05, 4.69) is 5.32 Å². The Labute approximate surface area is 247 Å². The Morgan fingerprint density at radius 1 is 0.952 bits per heavy atom. The molecule has 0 spiro atoms. The third kappa shape index (κ3) is 9.49. The molecule has 3 rings (SSSR count). The number of rotatable bonds is 11. The zero-order valence-corrected chi connectivity index (χ0v) is 25.0. The molecule has 2 amide bonds. The fraction of sp³-hybridized carbons (Fsp3) is 0.500. The lowest BCUT2D eigenvalue weighted by molar-refractivity contribution is -0.149. The minimum atomic E-state index is -1.03. The second kappa shape index (κ2) is 15.2. The predicted octanol–water partition coefficient (Wildman–Crippen LogP) is 5.03. The summed E-state index contributed by atoms with van der Waals surface area (Å²) >= 11 is 0. The van der Waals surface area contributed by atoms with Crippen LogP contribution in [-0.4, -0.2) is 66.5 Å². The van der Waals surface area contributed by atoms with E-state index in [1.807, 2.05) is 60.7 Å². The molecule has 228 valence electrons. The second-order valence-corrected chi connectivity index (χ2v) is 11.3. The fourth-order valence-corrected chi connectivity index (χ4v) is 5.19. The van der Waals surface area contributed by atoms with Gasteiger partial charge in [-0.3, -0.25) is 4.90 Å². The van der Waals surface area contributed by atoms with Crippen molar-refractivity contribution in [3.05, 3.63) is 71.8 Å². The van der Waals surface area contributed by atoms with Gasteiger partial charge in [0.2, 0.25) is 0 Å². The summed E-state index contributed by atoms with van der Waals surface area (Å²) in [5.74, 6) is -1.29. The molecule has 1 saturated heterocycles. The third-order valence-electron chi connectivity index (χ3n) is 7.01. The number of methoxy groups -OCH3 is 1. The van der Waals surface area contributed by atoms with Crippen molar-refractivity contribution in [3.63, 3.8) is 0 Å². The summed E-state index contributed by atoms with van der Waals surface area (Å²) < 4.78 is 21.3. The summed E-state index contributed by atoms with van der Waals surface area (Å²) in [6.45, 7) is 7.20. The molecule has 10 nitrogen and oxygen atoms in total. The number of likely N-dealkylation sites (tertiary alicyclic amines) is 1. The lowest BCUT2D eigenvalue weighted by atomic mass is 9.88. The van der Waals surface area contributed by atoms with Crippen molar-refractivity contribution in [2.75, 3.05) is 13.7 Å². The van der Waals surface area contributed by atoms with Crippen LogP contribution in [0, 0.1) is 5.92 Å². The number of esters is 2. The van der Waals surface area contributed by atoms with Gasteiger partial charge in [-0.05, 0) is 70.4 Å². The van der Waals surface area contributed by atoms with Gasteiger partial charge >= 0.3 is 24.1 Å². The summed E-state index contributed by atoms with van der Waals surface area (Å²) in [6, 6.07) is 16.6. The van der Waals surface area contributed by atoms with Gasteiger partial charge in [0.25, 0.3) is 0 Å². The maximum atomic E-state index is 13.5. The van der Waals surface area contributed by atoms with E-state index in [9.17, 15) is 19.2 Å². The Hall–Kier alpha value is -4.08. The lowest BCUT2D eigenvalue weighted by Crippen LogP contribution is -2.49. The first-order valence-corrected chi connectivity index (χ1v) is 14.3.